The lowest BCUT2D eigenvalue weighted by Crippen LogP contribution is -2.54. The molecule has 0 spiro atoms. The van der Waals surface area contributed by atoms with E-state index in [0.717, 1.165) is 6.07 Å². The number of ether oxygens (including phenoxy) is 1. The van der Waals surface area contributed by atoms with Gasteiger partial charge in [-0.3, -0.25) is 9.59 Å². The minimum Gasteiger partial charge on any atom is -0.489 e. The Morgan fingerprint density at radius 1 is 0.952 bits per heavy atom. The van der Waals surface area contributed by atoms with Crippen molar-refractivity contribution in [2.24, 2.45) is 0 Å². The van der Waals surface area contributed by atoms with Gasteiger partial charge in [0.15, 0.2) is 0 Å². The second-order valence-corrected chi connectivity index (χ2v) is 10.1. The number of carbonyl (C=O) groups excluding carboxylic acids is 1. The molecule has 3 aromatic carbocycles. The number of nitrogens with zero attached hydrogens (tertiary/aromatic N) is 1. The predicted octanol–water partition coefficient (Wildman–Crippen LogP) is 6.16. The topological polar surface area (TPSA) is 87.1 Å². The molecule has 12 heteroatoms. The van der Waals surface area contributed by atoms with Crippen molar-refractivity contribution in [2.75, 3.05) is 11.4 Å². The van der Waals surface area contributed by atoms with Crippen LogP contribution in [0.1, 0.15) is 41.5 Å². The highest BCUT2D eigenvalue weighted by molar-refractivity contribution is 5.98. The van der Waals surface area contributed by atoms with Crippen molar-refractivity contribution < 1.29 is 50.9 Å². The summed E-state index contributed by atoms with van der Waals surface area (Å²) in [6.45, 7) is 1.54. The van der Waals surface area contributed by atoms with Crippen molar-refractivity contribution >= 4 is 17.6 Å². The third-order valence-electron chi connectivity index (χ3n) is 7.22. The average Bonchev–Trinajstić information content (AvgIpc) is 3.10. The van der Waals surface area contributed by atoms with E-state index in [1.807, 2.05) is 0 Å². The first-order valence-corrected chi connectivity index (χ1v) is 12.9. The lowest BCUT2D eigenvalue weighted by molar-refractivity contribution is -0.376. The normalized spacial score (nSPS) is 16.8. The number of alkyl halides is 6. The summed E-state index contributed by atoms with van der Waals surface area (Å²) in [6.07, 6.45) is -13.1. The third kappa shape index (κ3) is 6.23. The summed E-state index contributed by atoms with van der Waals surface area (Å²) < 4.78 is 87.8. The lowest BCUT2D eigenvalue weighted by atomic mass is 9.89. The van der Waals surface area contributed by atoms with E-state index in [0.29, 0.717) is 23.3 Å². The monoisotopic (exact) mass is 595 g/mol. The molecule has 1 aliphatic heterocycles. The zero-order chi connectivity index (χ0) is 30.9. The van der Waals surface area contributed by atoms with Gasteiger partial charge in [0.25, 0.3) is 5.60 Å². The Morgan fingerprint density at radius 2 is 1.62 bits per heavy atom. The number of carboxylic acid groups (broad SMARTS) is 1. The van der Waals surface area contributed by atoms with E-state index in [2.05, 4.69) is 0 Å². The van der Waals surface area contributed by atoms with Gasteiger partial charge in [-0.2, -0.15) is 26.3 Å². The molecule has 0 bridgehead atoms. The van der Waals surface area contributed by atoms with Crippen LogP contribution in [-0.4, -0.2) is 47.1 Å². The Hall–Kier alpha value is -4.06. The average molecular weight is 596 g/mol. The van der Waals surface area contributed by atoms with Gasteiger partial charge in [-0.1, -0.05) is 54.6 Å². The van der Waals surface area contributed by atoms with E-state index >= 15 is 0 Å². The molecule has 1 amide bonds. The molecule has 42 heavy (non-hydrogen) atoms. The number of aryl methyl sites for hydroxylation is 1. The number of hydrogen-bond donors (Lipinski definition) is 2. The second kappa shape index (κ2) is 11.7. The maximum absolute atomic E-state index is 13.8. The van der Waals surface area contributed by atoms with Crippen LogP contribution in [0.4, 0.5) is 32.0 Å². The first kappa shape index (κ1) is 30.9. The maximum atomic E-state index is 13.8. The molecule has 224 valence electrons. The zero-order valence-corrected chi connectivity index (χ0v) is 22.2. The van der Waals surface area contributed by atoms with Crippen LogP contribution in [0.2, 0.25) is 0 Å². The number of halogens is 6. The van der Waals surface area contributed by atoms with Gasteiger partial charge < -0.3 is 19.8 Å². The van der Waals surface area contributed by atoms with E-state index < -0.39 is 47.4 Å². The first-order valence-electron chi connectivity index (χ1n) is 12.9. The molecule has 0 aromatic heterocycles. The number of carboxylic acids is 1. The molecule has 0 saturated heterocycles. The predicted molar refractivity (Wildman–Crippen MR) is 140 cm³/mol. The van der Waals surface area contributed by atoms with Crippen LogP contribution >= 0.6 is 0 Å². The number of amides is 1. The molecule has 0 radical (unpaired) electrons. The third-order valence-corrected chi connectivity index (χ3v) is 7.22. The van der Waals surface area contributed by atoms with Gasteiger partial charge in [0, 0.05) is 11.3 Å². The van der Waals surface area contributed by atoms with Gasteiger partial charge in [-0.05, 0) is 54.7 Å². The molecule has 2 atom stereocenters. The Morgan fingerprint density at radius 3 is 2.24 bits per heavy atom. The van der Waals surface area contributed by atoms with Crippen molar-refractivity contribution in [3.63, 3.8) is 0 Å². The molecular formula is C30H27F6NO5. The van der Waals surface area contributed by atoms with Crippen LogP contribution in [-0.2, 0) is 28.0 Å². The van der Waals surface area contributed by atoms with Gasteiger partial charge in [-0.15, -0.1) is 0 Å². The van der Waals surface area contributed by atoms with E-state index in [9.17, 15) is 41.0 Å². The van der Waals surface area contributed by atoms with E-state index in [1.165, 1.54) is 11.0 Å². The second-order valence-electron chi connectivity index (χ2n) is 10.1. The van der Waals surface area contributed by atoms with Crippen LogP contribution in [0.3, 0.4) is 0 Å². The zero-order valence-electron chi connectivity index (χ0n) is 22.2. The molecule has 0 fully saturated rings. The smallest absolute Gasteiger partial charge is 0.430 e. The van der Waals surface area contributed by atoms with Crippen molar-refractivity contribution in [1.82, 2.24) is 0 Å². The van der Waals surface area contributed by atoms with E-state index in [1.54, 1.807) is 55.5 Å². The molecule has 0 unspecified atom stereocenters. The SMILES string of the molecule is C[C@H](C(=O)N1C[C@@H](Oc2cccc(CC(=O)O)c2)CCc2cc(C(O)(C(F)(F)F)C(F)(F)F)ccc21)c1ccccc1. The van der Waals surface area contributed by atoms with Crippen LogP contribution in [0.15, 0.2) is 72.8 Å². The van der Waals surface area contributed by atoms with Gasteiger partial charge >= 0.3 is 18.3 Å². The molecule has 2 N–H and O–H groups in total. The molecule has 0 saturated carbocycles. The minimum absolute atomic E-state index is 0.00114. The van der Waals surface area contributed by atoms with Gasteiger partial charge in [0.1, 0.15) is 11.9 Å². The number of fused-ring (bicyclic) bond motifs is 1. The molecule has 0 aliphatic carbocycles. The first-order chi connectivity index (χ1) is 19.6. The highest BCUT2D eigenvalue weighted by Gasteiger charge is 2.71. The van der Waals surface area contributed by atoms with Crippen LogP contribution in [0.5, 0.6) is 5.75 Å². The minimum atomic E-state index is -6.06. The van der Waals surface area contributed by atoms with Crippen molar-refractivity contribution in [1.29, 1.82) is 0 Å². The van der Waals surface area contributed by atoms with Crippen molar-refractivity contribution in [3.05, 3.63) is 95.1 Å². The molecular weight excluding hydrogens is 568 g/mol. The molecule has 6 nitrogen and oxygen atoms in total. The standard InChI is InChI=1S/C30H27F6NO5/c1-18(20-7-3-2-4-8-20)27(40)37-17-24(42-23-9-5-6-19(14-23)15-26(38)39)12-10-21-16-22(11-13-25(21)37)28(41,29(31,32)33)30(34,35)36/h2-9,11,13-14,16,18,24,41H,10,12,15,17H2,1H3,(H,38,39)/t18-,24-/m0/s1. The molecule has 1 aliphatic rings. The fourth-order valence-corrected chi connectivity index (χ4v) is 4.99. The van der Waals surface area contributed by atoms with Gasteiger partial charge in [0.2, 0.25) is 5.91 Å². The van der Waals surface area contributed by atoms with Crippen molar-refractivity contribution in [3.8, 4) is 5.75 Å². The summed E-state index contributed by atoms with van der Waals surface area (Å²) in [5.74, 6) is -1.96. The summed E-state index contributed by atoms with van der Waals surface area (Å²) in [4.78, 5) is 26.2. The molecule has 3 aromatic rings. The van der Waals surface area contributed by atoms with Crippen LogP contribution in [0.25, 0.3) is 0 Å². The van der Waals surface area contributed by atoms with Gasteiger partial charge in [-0.25, -0.2) is 0 Å². The number of anilines is 1. The number of carbonyl (C=O) groups is 2. The quantitative estimate of drug-likeness (QED) is 0.320. The van der Waals surface area contributed by atoms with Gasteiger partial charge in [0.05, 0.1) is 18.9 Å². The Labute approximate surface area is 237 Å². The van der Waals surface area contributed by atoms with Crippen molar-refractivity contribution in [2.45, 2.75) is 56.2 Å². The fourth-order valence-electron chi connectivity index (χ4n) is 4.99. The van der Waals surface area contributed by atoms with Crippen LogP contribution < -0.4 is 9.64 Å². The summed E-state index contributed by atoms with van der Waals surface area (Å²) in [7, 11) is 0. The number of rotatable bonds is 7. The number of aliphatic hydroxyl groups is 1. The highest BCUT2D eigenvalue weighted by Crippen LogP contribution is 2.51. The summed E-state index contributed by atoms with van der Waals surface area (Å²) in [5, 5.41) is 19.1. The number of aliphatic carboxylic acids is 1. The number of hydrogen-bond acceptors (Lipinski definition) is 4. The van der Waals surface area contributed by atoms with E-state index in [4.69, 9.17) is 9.84 Å². The maximum Gasteiger partial charge on any atom is 0.430 e. The highest BCUT2D eigenvalue weighted by atomic mass is 19.4. The summed E-state index contributed by atoms with van der Waals surface area (Å²) >= 11 is 0. The molecule has 1 heterocycles. The number of benzene rings is 3. The Bertz CT molecular complexity index is 1430. The van der Waals surface area contributed by atoms with Crippen LogP contribution in [0, 0.1) is 0 Å². The summed E-state index contributed by atoms with van der Waals surface area (Å²) in [5.41, 5.74) is -5.33. The summed E-state index contributed by atoms with van der Waals surface area (Å²) in [6, 6.07) is 17.1. The fraction of sp³-hybridized carbons (Fsp3) is 0.333. The molecule has 4 rings (SSSR count). The lowest BCUT2D eigenvalue weighted by Gasteiger charge is -2.34. The Kier molecular flexibility index (Phi) is 8.58. The Balaban J connectivity index is 1.75. The van der Waals surface area contributed by atoms with E-state index in [-0.39, 0.29) is 42.8 Å². The largest absolute Gasteiger partial charge is 0.489 e.